The summed E-state index contributed by atoms with van der Waals surface area (Å²) in [6.07, 6.45) is 1.42. The number of halogens is 1. The van der Waals surface area contributed by atoms with Crippen LogP contribution in [0.3, 0.4) is 0 Å². The van der Waals surface area contributed by atoms with E-state index < -0.39 is 5.91 Å². The van der Waals surface area contributed by atoms with Crippen LogP contribution in [0.5, 0.6) is 17.2 Å². The Bertz CT molecular complexity index is 762. The predicted octanol–water partition coefficient (Wildman–Crippen LogP) is 3.00. The average Bonchev–Trinajstić information content (AvgIpc) is 2.54. The van der Waals surface area contributed by atoms with Crippen LogP contribution in [0.2, 0.25) is 0 Å². The average molecular weight is 393 g/mol. The molecule has 0 unspecified atom stereocenters. The fraction of sp³-hybridized carbons (Fsp3) is 0.176. The van der Waals surface area contributed by atoms with Crippen molar-refractivity contribution in [3.8, 4) is 17.2 Å². The number of nitrogens with zero attached hydrogens (tertiary/aromatic N) is 1. The van der Waals surface area contributed by atoms with Crippen LogP contribution in [0.1, 0.15) is 11.1 Å². The smallest absolute Gasteiger partial charge is 0.277 e. The lowest BCUT2D eigenvalue weighted by Crippen LogP contribution is -2.24. The number of aromatic hydroxyl groups is 1. The van der Waals surface area contributed by atoms with Gasteiger partial charge in [0.1, 0.15) is 5.75 Å². The number of phenolic OH excluding ortho intramolecular Hbond substituents is 1. The van der Waals surface area contributed by atoms with E-state index in [4.69, 9.17) is 9.47 Å². The zero-order valence-corrected chi connectivity index (χ0v) is 14.8. The van der Waals surface area contributed by atoms with Gasteiger partial charge in [0.2, 0.25) is 0 Å². The summed E-state index contributed by atoms with van der Waals surface area (Å²) >= 11 is 3.38. The third-order valence-corrected chi connectivity index (χ3v) is 3.67. The second-order valence-corrected chi connectivity index (χ2v) is 5.80. The number of carbonyl (C=O) groups is 1. The van der Waals surface area contributed by atoms with Crippen molar-refractivity contribution in [3.05, 3.63) is 52.0 Å². The minimum absolute atomic E-state index is 0.000307. The molecule has 0 saturated carbocycles. The number of hydrogen-bond donors (Lipinski definition) is 2. The van der Waals surface area contributed by atoms with Gasteiger partial charge in [-0.1, -0.05) is 6.07 Å². The van der Waals surface area contributed by atoms with E-state index in [9.17, 15) is 9.90 Å². The van der Waals surface area contributed by atoms with E-state index in [1.54, 1.807) is 18.2 Å². The number of aryl methyl sites for hydroxylation is 1. The van der Waals surface area contributed by atoms with Crippen molar-refractivity contribution in [3.63, 3.8) is 0 Å². The molecule has 0 atom stereocenters. The minimum Gasteiger partial charge on any atom is -0.504 e. The molecule has 0 saturated heterocycles. The molecule has 2 aromatic rings. The highest BCUT2D eigenvalue weighted by Gasteiger charge is 2.05. The summed E-state index contributed by atoms with van der Waals surface area (Å²) in [7, 11) is 1.47. The van der Waals surface area contributed by atoms with Crippen LogP contribution in [0.25, 0.3) is 0 Å². The van der Waals surface area contributed by atoms with Gasteiger partial charge < -0.3 is 14.6 Å². The third kappa shape index (κ3) is 4.99. The van der Waals surface area contributed by atoms with Crippen LogP contribution < -0.4 is 14.9 Å². The van der Waals surface area contributed by atoms with Gasteiger partial charge in [-0.3, -0.25) is 4.79 Å². The van der Waals surface area contributed by atoms with Crippen LogP contribution in [-0.4, -0.2) is 30.9 Å². The van der Waals surface area contributed by atoms with Crippen LogP contribution in [-0.2, 0) is 4.79 Å². The Kier molecular flexibility index (Phi) is 6.20. The van der Waals surface area contributed by atoms with Gasteiger partial charge in [0.15, 0.2) is 18.1 Å². The first-order chi connectivity index (χ1) is 11.5. The van der Waals surface area contributed by atoms with Crippen LogP contribution in [0.15, 0.2) is 46.0 Å². The van der Waals surface area contributed by atoms with Crippen molar-refractivity contribution in [2.24, 2.45) is 5.10 Å². The second kappa shape index (κ2) is 8.35. The molecule has 2 N–H and O–H groups in total. The number of amides is 1. The number of carbonyl (C=O) groups excluding carboxylic acids is 1. The van der Waals surface area contributed by atoms with E-state index in [0.29, 0.717) is 17.1 Å². The Labute approximate surface area is 148 Å². The zero-order valence-electron chi connectivity index (χ0n) is 13.2. The molecule has 0 aliphatic heterocycles. The van der Waals surface area contributed by atoms with Gasteiger partial charge in [-0.25, -0.2) is 5.43 Å². The molecule has 0 aromatic heterocycles. The SMILES string of the molecule is COc1ccc(/C=N/NC(=O)COc2ccc(C)cc2Br)cc1O. The Morgan fingerprint density at radius 2 is 2.04 bits per heavy atom. The molecule has 0 spiro atoms. The maximum atomic E-state index is 11.7. The quantitative estimate of drug-likeness (QED) is 0.584. The molecule has 2 rings (SSSR count). The monoisotopic (exact) mass is 392 g/mol. The normalized spacial score (nSPS) is 10.6. The van der Waals surface area contributed by atoms with Crippen molar-refractivity contribution in [2.45, 2.75) is 6.92 Å². The summed E-state index contributed by atoms with van der Waals surface area (Å²) in [6.45, 7) is 1.81. The largest absolute Gasteiger partial charge is 0.504 e. The van der Waals surface area contributed by atoms with Gasteiger partial charge >= 0.3 is 0 Å². The summed E-state index contributed by atoms with van der Waals surface area (Å²) in [6, 6.07) is 10.4. The highest BCUT2D eigenvalue weighted by molar-refractivity contribution is 9.10. The number of hydrogen-bond acceptors (Lipinski definition) is 5. The van der Waals surface area contributed by atoms with Gasteiger partial charge in [-0.2, -0.15) is 5.10 Å². The van der Waals surface area contributed by atoms with Crippen molar-refractivity contribution >= 4 is 28.1 Å². The molecule has 0 heterocycles. The minimum atomic E-state index is -0.392. The highest BCUT2D eigenvalue weighted by atomic mass is 79.9. The number of nitrogens with one attached hydrogen (secondary N) is 1. The maximum Gasteiger partial charge on any atom is 0.277 e. The number of hydrazone groups is 1. The number of phenols is 1. The molecule has 2 aromatic carbocycles. The van der Waals surface area contributed by atoms with Crippen molar-refractivity contribution in [1.29, 1.82) is 0 Å². The van der Waals surface area contributed by atoms with Gasteiger partial charge in [-0.05, 0) is 64.3 Å². The number of rotatable bonds is 6. The topological polar surface area (TPSA) is 80.2 Å². The van der Waals surface area contributed by atoms with E-state index in [1.807, 2.05) is 19.1 Å². The van der Waals surface area contributed by atoms with Gasteiger partial charge in [0, 0.05) is 0 Å². The molecule has 1 amide bonds. The maximum absolute atomic E-state index is 11.7. The van der Waals surface area contributed by atoms with Crippen LogP contribution >= 0.6 is 15.9 Å². The molecular weight excluding hydrogens is 376 g/mol. The lowest BCUT2D eigenvalue weighted by Gasteiger charge is -2.07. The van der Waals surface area contributed by atoms with Crippen LogP contribution in [0, 0.1) is 6.92 Å². The van der Waals surface area contributed by atoms with E-state index in [0.717, 1.165) is 10.0 Å². The van der Waals surface area contributed by atoms with Crippen molar-refractivity contribution in [1.82, 2.24) is 5.43 Å². The lowest BCUT2D eigenvalue weighted by atomic mass is 10.2. The molecule has 6 nitrogen and oxygen atoms in total. The summed E-state index contributed by atoms with van der Waals surface area (Å²) in [5, 5.41) is 13.5. The van der Waals surface area contributed by atoms with E-state index in [-0.39, 0.29) is 12.4 Å². The number of methoxy groups -OCH3 is 1. The Morgan fingerprint density at radius 1 is 1.29 bits per heavy atom. The summed E-state index contributed by atoms with van der Waals surface area (Å²) in [4.78, 5) is 11.7. The lowest BCUT2D eigenvalue weighted by molar-refractivity contribution is -0.123. The Hall–Kier alpha value is -2.54. The second-order valence-electron chi connectivity index (χ2n) is 4.95. The first-order valence-electron chi connectivity index (χ1n) is 7.07. The summed E-state index contributed by atoms with van der Waals surface area (Å²) in [5.41, 5.74) is 4.07. The van der Waals surface area contributed by atoms with Crippen molar-refractivity contribution in [2.75, 3.05) is 13.7 Å². The van der Waals surface area contributed by atoms with E-state index in [1.165, 1.54) is 19.4 Å². The Morgan fingerprint density at radius 3 is 2.71 bits per heavy atom. The highest BCUT2D eigenvalue weighted by Crippen LogP contribution is 2.26. The fourth-order valence-electron chi connectivity index (χ4n) is 1.86. The molecule has 24 heavy (non-hydrogen) atoms. The van der Waals surface area contributed by atoms with Gasteiger partial charge in [0.05, 0.1) is 17.8 Å². The number of benzene rings is 2. The summed E-state index contributed by atoms with van der Waals surface area (Å²) < 4.78 is 11.2. The first kappa shape index (κ1) is 17.8. The fourth-order valence-corrected chi connectivity index (χ4v) is 2.47. The van der Waals surface area contributed by atoms with E-state index in [2.05, 4.69) is 26.5 Å². The van der Waals surface area contributed by atoms with Crippen LogP contribution in [0.4, 0.5) is 0 Å². The molecule has 0 aliphatic rings. The molecule has 126 valence electrons. The molecule has 7 heteroatoms. The number of ether oxygens (including phenoxy) is 2. The molecular formula is C17H17BrN2O4. The summed E-state index contributed by atoms with van der Waals surface area (Å²) in [5.74, 6) is 0.560. The first-order valence-corrected chi connectivity index (χ1v) is 7.86. The molecule has 0 bridgehead atoms. The molecule has 0 radical (unpaired) electrons. The van der Waals surface area contributed by atoms with Gasteiger partial charge in [-0.15, -0.1) is 0 Å². The molecule has 0 aliphatic carbocycles. The third-order valence-electron chi connectivity index (χ3n) is 3.05. The predicted molar refractivity (Wildman–Crippen MR) is 94.8 cm³/mol. The zero-order chi connectivity index (χ0) is 17.5. The van der Waals surface area contributed by atoms with E-state index >= 15 is 0 Å². The van der Waals surface area contributed by atoms with Gasteiger partial charge in [0.25, 0.3) is 5.91 Å². The Balaban J connectivity index is 1.85. The molecule has 0 fully saturated rings. The standard InChI is InChI=1S/C17H17BrN2O4/c1-11-3-5-15(13(18)7-11)24-10-17(22)20-19-9-12-4-6-16(23-2)14(21)8-12/h3-9,21H,10H2,1-2H3,(H,20,22)/b19-9+. The van der Waals surface area contributed by atoms with Crippen molar-refractivity contribution < 1.29 is 19.4 Å².